The van der Waals surface area contributed by atoms with E-state index >= 15 is 0 Å². The molecule has 2 nitrogen and oxygen atoms in total. The summed E-state index contributed by atoms with van der Waals surface area (Å²) in [5.74, 6) is 0. The van der Waals surface area contributed by atoms with Gasteiger partial charge < -0.3 is 11.1 Å². The molecule has 84 valence electrons. The Labute approximate surface area is 98.4 Å². The summed E-state index contributed by atoms with van der Waals surface area (Å²) in [6.07, 6.45) is 8.93. The van der Waals surface area contributed by atoms with E-state index in [2.05, 4.69) is 17.9 Å². The minimum atomic E-state index is 0.605. The predicted molar refractivity (Wildman–Crippen MR) is 71.0 cm³/mol. The molecule has 0 saturated carbocycles. The minimum Gasteiger partial charge on any atom is -0.371 e. The smallest absolute Gasteiger partial charge is 0.130 e. The Hall–Kier alpha value is 0.200. The van der Waals surface area contributed by atoms with Crippen molar-refractivity contribution in [1.82, 2.24) is 5.32 Å². The highest BCUT2D eigenvalue weighted by Gasteiger charge is 1.91. The van der Waals surface area contributed by atoms with E-state index in [-0.39, 0.29) is 0 Å². The molecule has 0 aliphatic carbocycles. The molecule has 0 bridgehead atoms. The van der Waals surface area contributed by atoms with Crippen LogP contribution in [0.15, 0.2) is 0 Å². The van der Waals surface area contributed by atoms with Crippen LogP contribution in [0.25, 0.3) is 0 Å². The first-order chi connectivity index (χ1) is 6.77. The Balaban J connectivity index is 2.88. The molecule has 0 fully saturated rings. The number of hydrogen-bond acceptors (Lipinski definition) is 2. The maximum atomic E-state index is 5.41. The number of thiol groups is 1. The summed E-state index contributed by atoms with van der Waals surface area (Å²) in [4.78, 5) is 0. The zero-order chi connectivity index (χ0) is 10.6. The molecule has 0 rings (SSSR count). The Kier molecular flexibility index (Phi) is 11.4. The van der Waals surface area contributed by atoms with Crippen molar-refractivity contribution in [3.8, 4) is 0 Å². The van der Waals surface area contributed by atoms with E-state index in [1.54, 1.807) is 0 Å². The largest absolute Gasteiger partial charge is 0.371 e. The summed E-state index contributed by atoms with van der Waals surface area (Å²) in [5.41, 5.74) is 5.41. The molecule has 4 heteroatoms. The molecule has 0 heterocycles. The minimum absolute atomic E-state index is 0.605. The lowest BCUT2D eigenvalue weighted by atomic mass is 10.1. The fraction of sp³-hybridized carbons (Fsp3) is 0.900. The van der Waals surface area contributed by atoms with E-state index in [1.807, 2.05) is 0 Å². The molecule has 0 aliphatic heterocycles. The number of hydrogen-bond donors (Lipinski definition) is 3. The fourth-order valence-electron chi connectivity index (χ4n) is 1.35. The van der Waals surface area contributed by atoms with Crippen molar-refractivity contribution < 1.29 is 0 Å². The quantitative estimate of drug-likeness (QED) is 0.326. The van der Waals surface area contributed by atoms with Crippen LogP contribution < -0.4 is 11.1 Å². The summed E-state index contributed by atoms with van der Waals surface area (Å²) in [6, 6.07) is 0. The van der Waals surface area contributed by atoms with Gasteiger partial charge in [0.2, 0.25) is 0 Å². The molecule has 3 N–H and O–H groups in total. The maximum absolute atomic E-state index is 5.41. The van der Waals surface area contributed by atoms with Gasteiger partial charge >= 0.3 is 0 Å². The number of nitrogens with one attached hydrogen (secondary N) is 1. The third-order valence-electron chi connectivity index (χ3n) is 2.16. The third kappa shape index (κ3) is 12.2. The second kappa shape index (κ2) is 11.3. The van der Waals surface area contributed by atoms with Gasteiger partial charge in [-0.15, -0.1) is 12.6 Å². The van der Waals surface area contributed by atoms with Crippen molar-refractivity contribution in [1.29, 1.82) is 0 Å². The average molecular weight is 234 g/mol. The van der Waals surface area contributed by atoms with E-state index in [9.17, 15) is 0 Å². The summed E-state index contributed by atoms with van der Waals surface area (Å²) < 4.78 is 0.605. The Morgan fingerprint density at radius 1 is 1.00 bits per heavy atom. The predicted octanol–water partition coefficient (Wildman–Crippen LogP) is 2.48. The molecule has 0 spiro atoms. The fourth-order valence-corrected chi connectivity index (χ4v) is 1.56. The standard InChI is InChI=1S/C10H22N2S2/c11-8-6-4-2-1-3-5-7-9-12-10(13)14/h1-9,11H2,(H2,12,13,14). The van der Waals surface area contributed by atoms with Crippen molar-refractivity contribution in [2.45, 2.75) is 44.9 Å². The molecule has 0 aromatic heterocycles. The van der Waals surface area contributed by atoms with Gasteiger partial charge in [0.1, 0.15) is 4.32 Å². The molecule has 0 aliphatic rings. The second-order valence-corrected chi connectivity index (χ2v) is 4.65. The van der Waals surface area contributed by atoms with Gasteiger partial charge in [-0.2, -0.15) is 0 Å². The highest BCUT2D eigenvalue weighted by atomic mass is 32.1. The van der Waals surface area contributed by atoms with E-state index in [0.29, 0.717) is 4.32 Å². The Morgan fingerprint density at radius 2 is 1.50 bits per heavy atom. The molecule has 0 unspecified atom stereocenters. The highest BCUT2D eigenvalue weighted by molar-refractivity contribution is 8.11. The van der Waals surface area contributed by atoms with E-state index in [1.165, 1.54) is 44.9 Å². The molecule has 0 radical (unpaired) electrons. The van der Waals surface area contributed by atoms with Crippen LogP contribution in [0.1, 0.15) is 44.9 Å². The lowest BCUT2D eigenvalue weighted by Crippen LogP contribution is -2.17. The molecule has 0 aromatic carbocycles. The van der Waals surface area contributed by atoms with Crippen molar-refractivity contribution in [3.05, 3.63) is 0 Å². The van der Waals surface area contributed by atoms with Crippen LogP contribution in [0.3, 0.4) is 0 Å². The van der Waals surface area contributed by atoms with Gasteiger partial charge in [0, 0.05) is 6.54 Å². The zero-order valence-corrected chi connectivity index (χ0v) is 10.5. The van der Waals surface area contributed by atoms with Crippen LogP contribution in [0.5, 0.6) is 0 Å². The summed E-state index contributed by atoms with van der Waals surface area (Å²) >= 11 is 8.77. The molecular formula is C10H22N2S2. The first kappa shape index (κ1) is 14.2. The van der Waals surface area contributed by atoms with Crippen LogP contribution >= 0.6 is 24.8 Å². The van der Waals surface area contributed by atoms with Crippen molar-refractivity contribution in [3.63, 3.8) is 0 Å². The van der Waals surface area contributed by atoms with Gasteiger partial charge in [0.05, 0.1) is 0 Å². The van der Waals surface area contributed by atoms with Crippen molar-refractivity contribution in [2.24, 2.45) is 5.73 Å². The zero-order valence-electron chi connectivity index (χ0n) is 8.80. The van der Waals surface area contributed by atoms with Gasteiger partial charge in [0.25, 0.3) is 0 Å². The molecular weight excluding hydrogens is 212 g/mol. The molecule has 14 heavy (non-hydrogen) atoms. The average Bonchev–Trinajstić information content (AvgIpc) is 2.15. The van der Waals surface area contributed by atoms with E-state index in [0.717, 1.165) is 13.1 Å². The molecule has 0 amide bonds. The summed E-state index contributed by atoms with van der Waals surface area (Å²) in [5, 5.41) is 3.04. The SMILES string of the molecule is NCCCCCCCCCNC(=S)S. The first-order valence-electron chi connectivity index (χ1n) is 5.44. The first-order valence-corrected chi connectivity index (χ1v) is 6.29. The van der Waals surface area contributed by atoms with Crippen LogP contribution in [-0.4, -0.2) is 17.4 Å². The summed E-state index contributed by atoms with van der Waals surface area (Å²) in [6.45, 7) is 1.80. The topological polar surface area (TPSA) is 38.0 Å². The van der Waals surface area contributed by atoms with Crippen LogP contribution in [0, 0.1) is 0 Å². The van der Waals surface area contributed by atoms with Gasteiger partial charge in [-0.25, -0.2) is 0 Å². The van der Waals surface area contributed by atoms with E-state index in [4.69, 9.17) is 18.0 Å². The maximum Gasteiger partial charge on any atom is 0.130 e. The van der Waals surface area contributed by atoms with Gasteiger partial charge in [-0.05, 0) is 19.4 Å². The van der Waals surface area contributed by atoms with Crippen molar-refractivity contribution in [2.75, 3.05) is 13.1 Å². The highest BCUT2D eigenvalue weighted by Crippen LogP contribution is 2.06. The van der Waals surface area contributed by atoms with E-state index < -0.39 is 0 Å². The van der Waals surface area contributed by atoms with Crippen LogP contribution in [0.4, 0.5) is 0 Å². The number of unbranched alkanes of at least 4 members (excludes halogenated alkanes) is 6. The Morgan fingerprint density at radius 3 is 2.00 bits per heavy atom. The third-order valence-corrected chi connectivity index (χ3v) is 2.46. The van der Waals surface area contributed by atoms with Gasteiger partial charge in [-0.1, -0.05) is 44.3 Å². The second-order valence-electron chi connectivity index (χ2n) is 3.50. The molecule has 0 atom stereocenters. The number of nitrogens with two attached hydrogens (primary N) is 1. The normalized spacial score (nSPS) is 10.1. The lowest BCUT2D eigenvalue weighted by Gasteiger charge is -2.03. The Bertz CT molecular complexity index is 140. The van der Waals surface area contributed by atoms with Gasteiger partial charge in [-0.3, -0.25) is 0 Å². The monoisotopic (exact) mass is 234 g/mol. The number of thiocarbonyl (C=S) groups is 1. The summed E-state index contributed by atoms with van der Waals surface area (Å²) in [7, 11) is 0. The van der Waals surface area contributed by atoms with Crippen LogP contribution in [0.2, 0.25) is 0 Å². The van der Waals surface area contributed by atoms with Gasteiger partial charge in [0.15, 0.2) is 0 Å². The van der Waals surface area contributed by atoms with Crippen molar-refractivity contribution >= 4 is 29.2 Å². The van der Waals surface area contributed by atoms with Crippen LogP contribution in [-0.2, 0) is 0 Å². The number of rotatable bonds is 9. The molecule has 0 aromatic rings. The molecule has 0 saturated heterocycles. The lowest BCUT2D eigenvalue weighted by molar-refractivity contribution is 0.580.